The monoisotopic (exact) mass is 297 g/mol. The van der Waals surface area contributed by atoms with Crippen molar-refractivity contribution in [2.45, 2.75) is 58.6 Å². The van der Waals surface area contributed by atoms with Crippen molar-refractivity contribution >= 4 is 11.6 Å². The minimum Gasteiger partial charge on any atom is -0.382 e. The molecule has 0 aromatic heterocycles. The smallest absolute Gasteiger partial charge is 0.0543 e. The largest absolute Gasteiger partial charge is 0.382 e. The molecule has 2 unspecified atom stereocenters. The SMILES string of the molecule is CCCNC(CCC(C)OC)Cc1ccc(C)cc1Cl. The van der Waals surface area contributed by atoms with Gasteiger partial charge in [0.2, 0.25) is 0 Å². The second-order valence-corrected chi connectivity index (χ2v) is 5.98. The van der Waals surface area contributed by atoms with Gasteiger partial charge in [-0.05, 0) is 63.3 Å². The molecule has 1 rings (SSSR count). The maximum atomic E-state index is 6.35. The van der Waals surface area contributed by atoms with Gasteiger partial charge in [0, 0.05) is 18.2 Å². The molecule has 3 heteroatoms. The van der Waals surface area contributed by atoms with Gasteiger partial charge >= 0.3 is 0 Å². The average Bonchev–Trinajstić information content (AvgIpc) is 2.43. The van der Waals surface area contributed by atoms with Crippen molar-refractivity contribution in [2.75, 3.05) is 13.7 Å². The lowest BCUT2D eigenvalue weighted by atomic mass is 9.99. The van der Waals surface area contributed by atoms with Crippen molar-refractivity contribution in [3.63, 3.8) is 0 Å². The number of rotatable bonds is 9. The van der Waals surface area contributed by atoms with Crippen LogP contribution in [-0.4, -0.2) is 25.8 Å². The van der Waals surface area contributed by atoms with Crippen molar-refractivity contribution in [3.8, 4) is 0 Å². The van der Waals surface area contributed by atoms with Gasteiger partial charge < -0.3 is 10.1 Å². The van der Waals surface area contributed by atoms with E-state index in [1.165, 1.54) is 11.1 Å². The molecule has 0 heterocycles. The van der Waals surface area contributed by atoms with Crippen LogP contribution in [0.25, 0.3) is 0 Å². The Kier molecular flexibility index (Phi) is 8.20. The summed E-state index contributed by atoms with van der Waals surface area (Å²) >= 11 is 6.35. The lowest BCUT2D eigenvalue weighted by Crippen LogP contribution is -2.32. The summed E-state index contributed by atoms with van der Waals surface area (Å²) in [6.45, 7) is 7.44. The summed E-state index contributed by atoms with van der Waals surface area (Å²) in [4.78, 5) is 0. The molecule has 0 fully saturated rings. The predicted molar refractivity (Wildman–Crippen MR) is 87.7 cm³/mol. The molecule has 1 aromatic carbocycles. The summed E-state index contributed by atoms with van der Waals surface area (Å²) in [6.07, 6.45) is 4.63. The van der Waals surface area contributed by atoms with Gasteiger partial charge in [0.15, 0.2) is 0 Å². The molecule has 1 aromatic rings. The highest BCUT2D eigenvalue weighted by molar-refractivity contribution is 6.31. The van der Waals surface area contributed by atoms with Gasteiger partial charge in [0.05, 0.1) is 6.10 Å². The lowest BCUT2D eigenvalue weighted by Gasteiger charge is -2.21. The number of aryl methyl sites for hydroxylation is 1. The molecule has 0 spiro atoms. The van der Waals surface area contributed by atoms with Gasteiger partial charge in [-0.1, -0.05) is 30.7 Å². The molecule has 0 radical (unpaired) electrons. The van der Waals surface area contributed by atoms with Crippen molar-refractivity contribution in [1.29, 1.82) is 0 Å². The van der Waals surface area contributed by atoms with Gasteiger partial charge in [0.1, 0.15) is 0 Å². The molecule has 2 nitrogen and oxygen atoms in total. The van der Waals surface area contributed by atoms with E-state index in [9.17, 15) is 0 Å². The standard InChI is InChI=1S/C17H28ClNO/c1-5-10-19-16(9-7-14(3)20-4)12-15-8-6-13(2)11-17(15)18/h6,8,11,14,16,19H,5,7,9-10,12H2,1-4H3. The Morgan fingerprint density at radius 2 is 2.05 bits per heavy atom. The van der Waals surface area contributed by atoms with E-state index < -0.39 is 0 Å². The summed E-state index contributed by atoms with van der Waals surface area (Å²) in [6, 6.07) is 6.80. The third kappa shape index (κ3) is 6.25. The maximum absolute atomic E-state index is 6.35. The van der Waals surface area contributed by atoms with E-state index >= 15 is 0 Å². The number of ether oxygens (including phenoxy) is 1. The Bertz CT molecular complexity index is 395. The van der Waals surface area contributed by atoms with Crippen LogP contribution in [0.15, 0.2) is 18.2 Å². The molecule has 0 aliphatic rings. The van der Waals surface area contributed by atoms with E-state index in [4.69, 9.17) is 16.3 Å². The number of methoxy groups -OCH3 is 1. The van der Waals surface area contributed by atoms with Crippen LogP contribution in [0.1, 0.15) is 44.2 Å². The summed E-state index contributed by atoms with van der Waals surface area (Å²) in [5.74, 6) is 0. The Balaban J connectivity index is 2.62. The molecule has 114 valence electrons. The molecule has 0 amide bonds. The Hall–Kier alpha value is -0.570. The van der Waals surface area contributed by atoms with E-state index in [2.05, 4.69) is 38.2 Å². The number of hydrogen-bond acceptors (Lipinski definition) is 2. The minimum absolute atomic E-state index is 0.314. The second-order valence-electron chi connectivity index (χ2n) is 5.57. The van der Waals surface area contributed by atoms with E-state index in [-0.39, 0.29) is 0 Å². The lowest BCUT2D eigenvalue weighted by molar-refractivity contribution is 0.106. The first-order valence-electron chi connectivity index (χ1n) is 7.58. The number of nitrogens with one attached hydrogen (secondary N) is 1. The van der Waals surface area contributed by atoms with Crippen LogP contribution in [0.4, 0.5) is 0 Å². The summed E-state index contributed by atoms with van der Waals surface area (Å²) in [5.41, 5.74) is 2.45. The van der Waals surface area contributed by atoms with Crippen molar-refractivity contribution < 1.29 is 4.74 Å². The van der Waals surface area contributed by atoms with Crippen LogP contribution >= 0.6 is 11.6 Å². The zero-order chi connectivity index (χ0) is 15.0. The summed E-state index contributed by atoms with van der Waals surface area (Å²) in [7, 11) is 1.77. The van der Waals surface area contributed by atoms with Gasteiger partial charge in [-0.15, -0.1) is 0 Å². The topological polar surface area (TPSA) is 21.3 Å². The Labute approximate surface area is 128 Å². The molecular formula is C17H28ClNO. The maximum Gasteiger partial charge on any atom is 0.0543 e. The van der Waals surface area contributed by atoms with Crippen LogP contribution in [0.5, 0.6) is 0 Å². The van der Waals surface area contributed by atoms with Crippen molar-refractivity contribution in [1.82, 2.24) is 5.32 Å². The predicted octanol–water partition coefficient (Wildman–Crippen LogP) is 4.37. The van der Waals surface area contributed by atoms with Crippen molar-refractivity contribution in [2.24, 2.45) is 0 Å². The first kappa shape index (κ1) is 17.5. The third-order valence-corrected chi connectivity index (χ3v) is 4.03. The van der Waals surface area contributed by atoms with Crippen LogP contribution < -0.4 is 5.32 Å². The van der Waals surface area contributed by atoms with Gasteiger partial charge in [0.25, 0.3) is 0 Å². The van der Waals surface area contributed by atoms with Crippen LogP contribution in [0.2, 0.25) is 5.02 Å². The fraction of sp³-hybridized carbons (Fsp3) is 0.647. The molecule has 1 N–H and O–H groups in total. The van der Waals surface area contributed by atoms with Gasteiger partial charge in [-0.3, -0.25) is 0 Å². The summed E-state index contributed by atoms with van der Waals surface area (Å²) in [5, 5.41) is 4.51. The zero-order valence-electron chi connectivity index (χ0n) is 13.2. The zero-order valence-corrected chi connectivity index (χ0v) is 14.0. The first-order chi connectivity index (χ1) is 9.56. The van der Waals surface area contributed by atoms with E-state index in [0.29, 0.717) is 12.1 Å². The quantitative estimate of drug-likeness (QED) is 0.730. The number of benzene rings is 1. The summed E-state index contributed by atoms with van der Waals surface area (Å²) < 4.78 is 5.34. The van der Waals surface area contributed by atoms with Crippen LogP contribution in [0, 0.1) is 6.92 Å². The third-order valence-electron chi connectivity index (χ3n) is 3.68. The molecule has 0 bridgehead atoms. The molecule has 0 saturated carbocycles. The molecule has 0 saturated heterocycles. The molecule has 20 heavy (non-hydrogen) atoms. The highest BCUT2D eigenvalue weighted by Gasteiger charge is 2.13. The fourth-order valence-electron chi connectivity index (χ4n) is 2.26. The Morgan fingerprint density at radius 1 is 1.30 bits per heavy atom. The molecule has 0 aliphatic heterocycles. The average molecular weight is 298 g/mol. The highest BCUT2D eigenvalue weighted by atomic mass is 35.5. The second kappa shape index (κ2) is 9.38. The first-order valence-corrected chi connectivity index (χ1v) is 7.95. The van der Waals surface area contributed by atoms with Gasteiger partial charge in [-0.25, -0.2) is 0 Å². The van der Waals surface area contributed by atoms with Crippen LogP contribution in [0.3, 0.4) is 0 Å². The molecule has 2 atom stereocenters. The number of hydrogen-bond donors (Lipinski definition) is 1. The number of halogens is 1. The highest BCUT2D eigenvalue weighted by Crippen LogP contribution is 2.20. The normalized spacial score (nSPS) is 14.2. The fourth-order valence-corrected chi connectivity index (χ4v) is 2.57. The van der Waals surface area contributed by atoms with E-state index in [0.717, 1.165) is 37.3 Å². The van der Waals surface area contributed by atoms with Crippen LogP contribution in [-0.2, 0) is 11.2 Å². The molecule has 0 aliphatic carbocycles. The van der Waals surface area contributed by atoms with E-state index in [1.807, 2.05) is 6.07 Å². The van der Waals surface area contributed by atoms with Gasteiger partial charge in [-0.2, -0.15) is 0 Å². The van der Waals surface area contributed by atoms with Crippen molar-refractivity contribution in [3.05, 3.63) is 34.3 Å². The van der Waals surface area contributed by atoms with E-state index in [1.54, 1.807) is 7.11 Å². The Morgan fingerprint density at radius 3 is 2.65 bits per heavy atom. The molecular weight excluding hydrogens is 270 g/mol. The minimum atomic E-state index is 0.314.